The van der Waals surface area contributed by atoms with Crippen LogP contribution in [0.4, 0.5) is 0 Å². The Morgan fingerprint density at radius 2 is 2.00 bits per heavy atom. The summed E-state index contributed by atoms with van der Waals surface area (Å²) in [4.78, 5) is 15.5. The van der Waals surface area contributed by atoms with E-state index in [0.29, 0.717) is 5.76 Å². The average molecular weight is 282 g/mol. The summed E-state index contributed by atoms with van der Waals surface area (Å²) < 4.78 is 5.24. The van der Waals surface area contributed by atoms with Crippen LogP contribution in [-0.4, -0.2) is 65.3 Å². The lowest BCUT2D eigenvalue weighted by atomic mass is 10.2. The average Bonchev–Trinajstić information content (AvgIpc) is 2.63. The summed E-state index contributed by atoms with van der Waals surface area (Å²) in [7, 11) is 0. The molecule has 1 fully saturated rings. The maximum Gasteiger partial charge on any atom is 0.371 e. The van der Waals surface area contributed by atoms with E-state index in [-0.39, 0.29) is 12.4 Å². The first-order chi connectivity index (χ1) is 9.60. The van der Waals surface area contributed by atoms with Crippen molar-refractivity contribution in [2.45, 2.75) is 19.9 Å². The normalized spacial score (nSPS) is 18.1. The number of aromatic carboxylic acids is 1. The van der Waals surface area contributed by atoms with Crippen molar-refractivity contribution >= 4 is 5.97 Å². The number of furan rings is 1. The zero-order chi connectivity index (χ0) is 14.5. The molecule has 1 saturated heterocycles. The second-order valence-corrected chi connectivity index (χ2v) is 5.19. The molecule has 0 unspecified atom stereocenters. The Bertz CT molecular complexity index is 458. The summed E-state index contributed by atoms with van der Waals surface area (Å²) in [5.74, 6) is -0.336. The number of carboxylic acid groups (broad SMARTS) is 1. The van der Waals surface area contributed by atoms with Gasteiger partial charge in [-0.05, 0) is 32.5 Å². The third-order valence-electron chi connectivity index (χ3n) is 3.72. The lowest BCUT2D eigenvalue weighted by Gasteiger charge is -2.20. The van der Waals surface area contributed by atoms with Gasteiger partial charge in [0.15, 0.2) is 0 Å². The van der Waals surface area contributed by atoms with E-state index in [2.05, 4.69) is 9.80 Å². The van der Waals surface area contributed by atoms with Crippen LogP contribution in [0.1, 0.15) is 28.3 Å². The molecule has 0 atom stereocenters. The first-order valence-electron chi connectivity index (χ1n) is 6.98. The maximum atomic E-state index is 10.9. The lowest BCUT2D eigenvalue weighted by Crippen LogP contribution is -2.32. The van der Waals surface area contributed by atoms with Crippen molar-refractivity contribution in [1.29, 1.82) is 0 Å². The highest BCUT2D eigenvalue weighted by molar-refractivity contribution is 5.84. The number of aliphatic hydroxyl groups excluding tert-OH is 1. The summed E-state index contributed by atoms with van der Waals surface area (Å²) >= 11 is 0. The molecule has 20 heavy (non-hydrogen) atoms. The van der Waals surface area contributed by atoms with Gasteiger partial charge in [0.1, 0.15) is 5.76 Å². The van der Waals surface area contributed by atoms with Crippen molar-refractivity contribution in [2.75, 3.05) is 39.3 Å². The molecule has 2 heterocycles. The molecule has 0 amide bonds. The highest BCUT2D eigenvalue weighted by Crippen LogP contribution is 2.17. The number of carbonyl (C=O) groups is 1. The van der Waals surface area contributed by atoms with Gasteiger partial charge in [0, 0.05) is 31.7 Å². The van der Waals surface area contributed by atoms with Gasteiger partial charge in [-0.3, -0.25) is 9.80 Å². The van der Waals surface area contributed by atoms with Gasteiger partial charge in [-0.25, -0.2) is 4.79 Å². The molecule has 2 N–H and O–H groups in total. The van der Waals surface area contributed by atoms with Crippen LogP contribution in [0.5, 0.6) is 0 Å². The van der Waals surface area contributed by atoms with Crippen LogP contribution >= 0.6 is 0 Å². The van der Waals surface area contributed by atoms with Crippen LogP contribution in [0, 0.1) is 6.92 Å². The van der Waals surface area contributed by atoms with E-state index in [1.54, 1.807) is 13.0 Å². The summed E-state index contributed by atoms with van der Waals surface area (Å²) in [6.07, 6.45) is 1.06. The van der Waals surface area contributed by atoms with Gasteiger partial charge < -0.3 is 14.6 Å². The number of aliphatic hydroxyl groups is 1. The number of nitrogens with zero attached hydrogens (tertiary/aromatic N) is 2. The largest absolute Gasteiger partial charge is 0.475 e. The van der Waals surface area contributed by atoms with E-state index in [1.807, 2.05) is 0 Å². The van der Waals surface area contributed by atoms with Gasteiger partial charge >= 0.3 is 5.97 Å². The van der Waals surface area contributed by atoms with E-state index < -0.39 is 5.97 Å². The van der Waals surface area contributed by atoms with Crippen molar-refractivity contribution in [3.8, 4) is 0 Å². The zero-order valence-corrected chi connectivity index (χ0v) is 11.8. The van der Waals surface area contributed by atoms with Crippen LogP contribution in [0.3, 0.4) is 0 Å². The molecule has 0 aromatic carbocycles. The maximum absolute atomic E-state index is 10.9. The zero-order valence-electron chi connectivity index (χ0n) is 11.8. The van der Waals surface area contributed by atoms with Crippen molar-refractivity contribution in [3.63, 3.8) is 0 Å². The predicted molar refractivity (Wildman–Crippen MR) is 73.8 cm³/mol. The molecule has 0 saturated carbocycles. The van der Waals surface area contributed by atoms with E-state index >= 15 is 0 Å². The van der Waals surface area contributed by atoms with Gasteiger partial charge in [0.05, 0.1) is 6.61 Å². The second-order valence-electron chi connectivity index (χ2n) is 5.19. The number of aryl methyl sites for hydroxylation is 1. The second kappa shape index (κ2) is 6.88. The minimum atomic E-state index is -1.02. The quantitative estimate of drug-likeness (QED) is 0.831. The van der Waals surface area contributed by atoms with Crippen LogP contribution in [0.2, 0.25) is 0 Å². The fraction of sp³-hybridized carbons (Fsp3) is 0.643. The van der Waals surface area contributed by atoms with Gasteiger partial charge in [-0.15, -0.1) is 0 Å². The number of rotatable bonds is 5. The molecule has 2 rings (SSSR count). The standard InChI is InChI=1S/C14H22N2O4/c1-11-12(9-13(20-11)14(18)19)10-16-4-2-3-15(5-6-16)7-8-17/h9,17H,2-8,10H2,1H3,(H,18,19). The number of hydrogen-bond donors (Lipinski definition) is 2. The molecular formula is C14H22N2O4. The Hall–Kier alpha value is -1.37. The van der Waals surface area contributed by atoms with Gasteiger partial charge in [0.25, 0.3) is 0 Å². The van der Waals surface area contributed by atoms with Crippen molar-refractivity contribution in [2.24, 2.45) is 0 Å². The minimum Gasteiger partial charge on any atom is -0.475 e. The molecule has 0 bridgehead atoms. The smallest absolute Gasteiger partial charge is 0.371 e. The van der Waals surface area contributed by atoms with Gasteiger partial charge in [-0.1, -0.05) is 0 Å². The molecule has 1 aliphatic rings. The highest BCUT2D eigenvalue weighted by Gasteiger charge is 2.18. The fourth-order valence-electron chi connectivity index (χ4n) is 2.57. The highest BCUT2D eigenvalue weighted by atomic mass is 16.4. The van der Waals surface area contributed by atoms with E-state index in [4.69, 9.17) is 14.6 Å². The number of carboxylic acids is 1. The molecular weight excluding hydrogens is 260 g/mol. The van der Waals surface area contributed by atoms with E-state index in [0.717, 1.165) is 51.3 Å². The Labute approximate surface area is 118 Å². The van der Waals surface area contributed by atoms with E-state index in [9.17, 15) is 4.79 Å². The molecule has 1 aromatic heterocycles. The topological polar surface area (TPSA) is 77.2 Å². The molecule has 0 spiro atoms. The molecule has 1 aromatic rings. The van der Waals surface area contributed by atoms with Crippen molar-refractivity contribution in [1.82, 2.24) is 9.80 Å². The first kappa shape index (κ1) is 15.0. The molecule has 112 valence electrons. The van der Waals surface area contributed by atoms with Crippen LogP contribution in [0.25, 0.3) is 0 Å². The summed E-state index contributed by atoms with van der Waals surface area (Å²) in [5, 5.41) is 17.9. The lowest BCUT2D eigenvalue weighted by molar-refractivity contribution is 0.0661. The molecule has 0 radical (unpaired) electrons. The molecule has 6 nitrogen and oxygen atoms in total. The first-order valence-corrected chi connectivity index (χ1v) is 6.98. The number of β-amino-alcohol motifs (C(OH)–C–C–N with tert-alkyl or cyclic N) is 1. The Balaban J connectivity index is 1.94. The van der Waals surface area contributed by atoms with Crippen LogP contribution < -0.4 is 0 Å². The Morgan fingerprint density at radius 3 is 2.65 bits per heavy atom. The SMILES string of the molecule is Cc1oc(C(=O)O)cc1CN1CCCN(CCO)CC1. The minimum absolute atomic E-state index is 0.00855. The molecule has 6 heteroatoms. The predicted octanol–water partition coefficient (Wildman–Crippen LogP) is 0.786. The van der Waals surface area contributed by atoms with E-state index in [1.165, 1.54) is 0 Å². The summed E-state index contributed by atoms with van der Waals surface area (Å²) in [5.41, 5.74) is 0.943. The number of hydrogen-bond acceptors (Lipinski definition) is 5. The summed E-state index contributed by atoms with van der Waals surface area (Å²) in [6, 6.07) is 1.62. The third kappa shape index (κ3) is 3.82. The van der Waals surface area contributed by atoms with Crippen molar-refractivity contribution < 1.29 is 19.4 Å². The molecule has 0 aliphatic carbocycles. The van der Waals surface area contributed by atoms with Gasteiger partial charge in [0.2, 0.25) is 5.76 Å². The summed E-state index contributed by atoms with van der Waals surface area (Å²) in [6.45, 7) is 7.28. The van der Waals surface area contributed by atoms with Gasteiger partial charge in [-0.2, -0.15) is 0 Å². The Morgan fingerprint density at radius 1 is 1.30 bits per heavy atom. The van der Waals surface area contributed by atoms with Crippen LogP contribution in [-0.2, 0) is 6.54 Å². The Kier molecular flexibility index (Phi) is 5.17. The van der Waals surface area contributed by atoms with Crippen molar-refractivity contribution in [3.05, 3.63) is 23.2 Å². The fourth-order valence-corrected chi connectivity index (χ4v) is 2.57. The third-order valence-corrected chi connectivity index (χ3v) is 3.72. The monoisotopic (exact) mass is 282 g/mol. The molecule has 1 aliphatic heterocycles. The van der Waals surface area contributed by atoms with Crippen LogP contribution in [0.15, 0.2) is 10.5 Å².